The summed E-state index contributed by atoms with van der Waals surface area (Å²) in [6.07, 6.45) is 2.83. The highest BCUT2D eigenvalue weighted by Gasteiger charge is 2.36. The molecule has 2 atom stereocenters. The zero-order valence-corrected chi connectivity index (χ0v) is 13.0. The zero-order valence-electron chi connectivity index (χ0n) is 13.0. The number of aromatic nitrogens is 3. The van der Waals surface area contributed by atoms with E-state index in [-0.39, 0.29) is 18.0 Å². The summed E-state index contributed by atoms with van der Waals surface area (Å²) in [6, 6.07) is 5.17. The van der Waals surface area contributed by atoms with Crippen LogP contribution in [0.1, 0.15) is 23.7 Å². The SMILES string of the molecule is COc1ccc(CN2CC[C@H]3OCc4cnnn4[C@@H]3C2)c(F)c1. The van der Waals surface area contributed by atoms with Gasteiger partial charge >= 0.3 is 0 Å². The minimum atomic E-state index is -0.229. The van der Waals surface area contributed by atoms with E-state index in [4.69, 9.17) is 9.47 Å². The molecule has 0 N–H and O–H groups in total. The summed E-state index contributed by atoms with van der Waals surface area (Å²) in [5.41, 5.74) is 1.68. The topological polar surface area (TPSA) is 52.4 Å². The van der Waals surface area contributed by atoms with Crippen LogP contribution >= 0.6 is 0 Å². The molecule has 0 aliphatic carbocycles. The lowest BCUT2D eigenvalue weighted by molar-refractivity contribution is -0.0670. The minimum absolute atomic E-state index is 0.149. The molecule has 1 aromatic carbocycles. The number of methoxy groups -OCH3 is 1. The number of ether oxygens (including phenoxy) is 2. The summed E-state index contributed by atoms with van der Waals surface area (Å²) in [4.78, 5) is 2.24. The first-order valence-corrected chi connectivity index (χ1v) is 7.80. The van der Waals surface area contributed by atoms with Gasteiger partial charge in [0.2, 0.25) is 0 Å². The second-order valence-electron chi connectivity index (χ2n) is 6.07. The highest BCUT2D eigenvalue weighted by Crippen LogP contribution is 2.31. The maximum atomic E-state index is 14.2. The van der Waals surface area contributed by atoms with Gasteiger partial charge in [-0.25, -0.2) is 9.07 Å². The molecule has 122 valence electrons. The van der Waals surface area contributed by atoms with Crippen molar-refractivity contribution >= 4 is 0 Å². The van der Waals surface area contributed by atoms with Crippen LogP contribution < -0.4 is 4.74 Å². The molecule has 0 unspecified atom stereocenters. The summed E-state index contributed by atoms with van der Waals surface area (Å²) in [5, 5.41) is 8.17. The average molecular weight is 318 g/mol. The number of benzene rings is 1. The van der Waals surface area contributed by atoms with E-state index in [1.54, 1.807) is 18.3 Å². The molecular weight excluding hydrogens is 299 g/mol. The van der Waals surface area contributed by atoms with Crippen LogP contribution in [0.2, 0.25) is 0 Å². The van der Waals surface area contributed by atoms with Crippen molar-refractivity contribution in [1.29, 1.82) is 0 Å². The predicted molar refractivity (Wildman–Crippen MR) is 80.5 cm³/mol. The summed E-state index contributed by atoms with van der Waals surface area (Å²) in [5.74, 6) is 0.311. The number of fused-ring (bicyclic) bond motifs is 3. The normalized spacial score (nSPS) is 24.1. The fraction of sp³-hybridized carbons (Fsp3) is 0.500. The smallest absolute Gasteiger partial charge is 0.131 e. The molecule has 2 aliphatic heterocycles. The molecule has 0 amide bonds. The molecule has 7 heteroatoms. The Morgan fingerprint density at radius 2 is 2.35 bits per heavy atom. The minimum Gasteiger partial charge on any atom is -0.497 e. The number of likely N-dealkylation sites (tertiary alicyclic amines) is 1. The number of hydrogen-bond donors (Lipinski definition) is 0. The van der Waals surface area contributed by atoms with Crippen LogP contribution in [-0.2, 0) is 17.9 Å². The van der Waals surface area contributed by atoms with Gasteiger partial charge in [-0.15, -0.1) is 5.10 Å². The van der Waals surface area contributed by atoms with Crippen molar-refractivity contribution in [2.75, 3.05) is 20.2 Å². The van der Waals surface area contributed by atoms with Gasteiger partial charge in [-0.3, -0.25) is 4.90 Å². The Hall–Kier alpha value is -1.99. The Morgan fingerprint density at radius 1 is 1.43 bits per heavy atom. The van der Waals surface area contributed by atoms with E-state index >= 15 is 0 Å². The van der Waals surface area contributed by atoms with Gasteiger partial charge in [0.25, 0.3) is 0 Å². The molecule has 23 heavy (non-hydrogen) atoms. The van der Waals surface area contributed by atoms with Gasteiger partial charge in [-0.05, 0) is 12.5 Å². The van der Waals surface area contributed by atoms with Crippen molar-refractivity contribution in [2.45, 2.75) is 31.7 Å². The largest absolute Gasteiger partial charge is 0.497 e. The molecule has 0 bridgehead atoms. The first-order chi connectivity index (χ1) is 11.2. The highest BCUT2D eigenvalue weighted by molar-refractivity contribution is 5.28. The molecule has 0 radical (unpaired) electrons. The fourth-order valence-corrected chi connectivity index (χ4v) is 3.41. The number of piperidine rings is 1. The number of rotatable bonds is 3. The van der Waals surface area contributed by atoms with Crippen molar-refractivity contribution in [3.05, 3.63) is 41.5 Å². The third-order valence-electron chi connectivity index (χ3n) is 4.67. The standard InChI is InChI=1S/C16H19FN4O2/c1-22-13-3-2-11(14(17)6-13)8-20-5-4-16-15(9-20)21-12(10-23-16)7-18-19-21/h2-3,6-7,15-16H,4-5,8-10H2,1H3/t15-,16-/m1/s1. The monoisotopic (exact) mass is 318 g/mol. The number of nitrogens with zero attached hydrogens (tertiary/aromatic N) is 4. The van der Waals surface area contributed by atoms with Crippen LogP contribution in [0.25, 0.3) is 0 Å². The summed E-state index contributed by atoms with van der Waals surface area (Å²) in [7, 11) is 1.54. The van der Waals surface area contributed by atoms with Crippen molar-refractivity contribution in [3.8, 4) is 5.75 Å². The lowest BCUT2D eigenvalue weighted by Gasteiger charge is -2.41. The van der Waals surface area contributed by atoms with E-state index in [0.29, 0.717) is 24.5 Å². The van der Waals surface area contributed by atoms with Gasteiger partial charge in [0, 0.05) is 31.3 Å². The van der Waals surface area contributed by atoms with Gasteiger partial charge in [0.1, 0.15) is 11.6 Å². The maximum absolute atomic E-state index is 14.2. The maximum Gasteiger partial charge on any atom is 0.131 e. The second-order valence-corrected chi connectivity index (χ2v) is 6.07. The van der Waals surface area contributed by atoms with Crippen LogP contribution in [0.4, 0.5) is 4.39 Å². The number of hydrogen-bond acceptors (Lipinski definition) is 5. The molecule has 0 spiro atoms. The predicted octanol–water partition coefficient (Wildman–Crippen LogP) is 1.77. The van der Waals surface area contributed by atoms with Crippen LogP contribution in [0, 0.1) is 5.82 Å². The third-order valence-corrected chi connectivity index (χ3v) is 4.67. The summed E-state index contributed by atoms with van der Waals surface area (Å²) in [6.45, 7) is 2.81. The van der Waals surface area contributed by atoms with E-state index in [1.165, 1.54) is 13.2 Å². The van der Waals surface area contributed by atoms with Crippen molar-refractivity contribution in [3.63, 3.8) is 0 Å². The van der Waals surface area contributed by atoms with E-state index in [2.05, 4.69) is 15.2 Å². The molecule has 1 saturated heterocycles. The molecule has 6 nitrogen and oxygen atoms in total. The summed E-state index contributed by atoms with van der Waals surface area (Å²) >= 11 is 0. The lowest BCUT2D eigenvalue weighted by Crippen LogP contribution is -2.47. The average Bonchev–Trinajstić information content (AvgIpc) is 3.06. The molecule has 4 rings (SSSR count). The van der Waals surface area contributed by atoms with Crippen LogP contribution in [0.15, 0.2) is 24.4 Å². The Morgan fingerprint density at radius 3 is 3.17 bits per heavy atom. The summed E-state index contributed by atoms with van der Waals surface area (Å²) < 4.78 is 27.1. The van der Waals surface area contributed by atoms with Crippen molar-refractivity contribution in [1.82, 2.24) is 19.9 Å². The highest BCUT2D eigenvalue weighted by atomic mass is 19.1. The van der Waals surface area contributed by atoms with E-state index < -0.39 is 0 Å². The molecule has 0 saturated carbocycles. The Kier molecular flexibility index (Phi) is 3.74. The van der Waals surface area contributed by atoms with Gasteiger partial charge in [0.15, 0.2) is 0 Å². The molecular formula is C16H19FN4O2. The second kappa shape index (κ2) is 5.90. The van der Waals surface area contributed by atoms with Crippen LogP contribution in [0.5, 0.6) is 5.75 Å². The quantitative estimate of drug-likeness (QED) is 0.863. The van der Waals surface area contributed by atoms with Crippen molar-refractivity contribution < 1.29 is 13.9 Å². The Labute approximate surface area is 133 Å². The molecule has 1 fully saturated rings. The third kappa shape index (κ3) is 2.70. The Balaban J connectivity index is 1.50. The van der Waals surface area contributed by atoms with Crippen LogP contribution in [0.3, 0.4) is 0 Å². The van der Waals surface area contributed by atoms with Gasteiger partial charge in [-0.2, -0.15) is 0 Å². The number of halogens is 1. The van der Waals surface area contributed by atoms with Crippen molar-refractivity contribution in [2.24, 2.45) is 0 Å². The zero-order chi connectivity index (χ0) is 15.8. The Bertz CT molecular complexity index is 705. The molecule has 2 aliphatic rings. The molecule has 1 aromatic heterocycles. The van der Waals surface area contributed by atoms with Gasteiger partial charge < -0.3 is 9.47 Å². The van der Waals surface area contributed by atoms with Gasteiger partial charge in [0.05, 0.1) is 37.8 Å². The van der Waals surface area contributed by atoms with E-state index in [0.717, 1.165) is 25.2 Å². The van der Waals surface area contributed by atoms with Crippen LogP contribution in [-0.4, -0.2) is 46.2 Å². The first-order valence-electron chi connectivity index (χ1n) is 7.80. The lowest BCUT2D eigenvalue weighted by atomic mass is 9.99. The fourth-order valence-electron chi connectivity index (χ4n) is 3.41. The molecule has 2 aromatic rings. The van der Waals surface area contributed by atoms with Gasteiger partial charge in [-0.1, -0.05) is 11.3 Å². The first kappa shape index (κ1) is 14.6. The van der Waals surface area contributed by atoms with E-state index in [9.17, 15) is 4.39 Å². The molecule has 3 heterocycles. The van der Waals surface area contributed by atoms with E-state index in [1.807, 2.05) is 4.68 Å².